The van der Waals surface area contributed by atoms with Gasteiger partial charge in [-0.15, -0.1) is 0 Å². The van der Waals surface area contributed by atoms with E-state index in [1.165, 1.54) is 12.8 Å². The fourth-order valence-corrected chi connectivity index (χ4v) is 3.90. The number of hydrogen-bond donors (Lipinski definition) is 1. The van der Waals surface area contributed by atoms with Crippen LogP contribution in [0, 0.1) is 0 Å². The third-order valence-electron chi connectivity index (χ3n) is 5.41. The first-order chi connectivity index (χ1) is 14.3. The molecule has 148 valence electrons. The van der Waals surface area contributed by atoms with Gasteiger partial charge in [0.2, 0.25) is 11.8 Å². The molecular weight excluding hydrogens is 360 g/mol. The molecule has 1 aromatic heterocycles. The van der Waals surface area contributed by atoms with Crippen molar-refractivity contribution in [3.63, 3.8) is 0 Å². The maximum atomic E-state index is 13.2. The molecule has 1 amide bonds. The molecule has 0 aliphatic heterocycles. The van der Waals surface area contributed by atoms with Crippen molar-refractivity contribution >= 4 is 5.91 Å². The van der Waals surface area contributed by atoms with E-state index in [0.717, 1.165) is 29.5 Å². The van der Waals surface area contributed by atoms with Gasteiger partial charge in [-0.2, -0.15) is 0 Å². The summed E-state index contributed by atoms with van der Waals surface area (Å²) in [6, 6.07) is 23.6. The molecule has 1 fully saturated rings. The van der Waals surface area contributed by atoms with Crippen LogP contribution >= 0.6 is 0 Å². The Morgan fingerprint density at radius 1 is 0.931 bits per heavy atom. The van der Waals surface area contributed by atoms with Crippen molar-refractivity contribution in [2.45, 2.75) is 44.2 Å². The Hall–Kier alpha value is -3.14. The van der Waals surface area contributed by atoms with Crippen LogP contribution in [-0.4, -0.2) is 17.0 Å². The van der Waals surface area contributed by atoms with Gasteiger partial charge in [0.05, 0.1) is 5.92 Å². The quantitative estimate of drug-likeness (QED) is 0.631. The second kappa shape index (κ2) is 9.37. The molecule has 0 atom stereocenters. The van der Waals surface area contributed by atoms with Crippen LogP contribution in [0.3, 0.4) is 0 Å². The predicted octanol–water partition coefficient (Wildman–Crippen LogP) is 4.85. The van der Waals surface area contributed by atoms with Gasteiger partial charge in [-0.05, 0) is 42.9 Å². The maximum absolute atomic E-state index is 13.2. The van der Waals surface area contributed by atoms with E-state index in [9.17, 15) is 4.79 Å². The highest BCUT2D eigenvalue weighted by molar-refractivity contribution is 5.87. The van der Waals surface area contributed by atoms with Crippen LogP contribution in [0.4, 0.5) is 0 Å². The molecule has 0 radical (unpaired) electrons. The average Bonchev–Trinajstić information content (AvgIpc) is 3.28. The summed E-state index contributed by atoms with van der Waals surface area (Å²) in [5, 5.41) is 3.10. The molecule has 0 bridgehead atoms. The molecule has 1 saturated carbocycles. The lowest BCUT2D eigenvalue weighted by molar-refractivity contribution is -0.121. The van der Waals surface area contributed by atoms with Crippen molar-refractivity contribution in [3.8, 4) is 5.88 Å². The maximum Gasteiger partial charge on any atom is 0.232 e. The number of amides is 1. The van der Waals surface area contributed by atoms with E-state index >= 15 is 0 Å². The molecule has 0 unspecified atom stereocenters. The zero-order valence-electron chi connectivity index (χ0n) is 16.5. The Morgan fingerprint density at radius 3 is 2.17 bits per heavy atom. The van der Waals surface area contributed by atoms with Crippen LogP contribution in [0.25, 0.3) is 0 Å². The lowest BCUT2D eigenvalue weighted by Gasteiger charge is -2.19. The molecule has 1 aliphatic carbocycles. The summed E-state index contributed by atoms with van der Waals surface area (Å²) in [5.41, 5.74) is 2.86. The molecular formula is C25H26N2O2. The Kier molecular flexibility index (Phi) is 6.20. The summed E-state index contributed by atoms with van der Waals surface area (Å²) >= 11 is 0. The van der Waals surface area contributed by atoms with E-state index in [4.69, 9.17) is 4.74 Å². The summed E-state index contributed by atoms with van der Waals surface area (Å²) in [5.74, 6) is 0.252. The van der Waals surface area contributed by atoms with Crippen LogP contribution in [0.2, 0.25) is 0 Å². The largest absolute Gasteiger partial charge is 0.474 e. The lowest BCUT2D eigenvalue weighted by Crippen LogP contribution is -2.30. The van der Waals surface area contributed by atoms with Gasteiger partial charge >= 0.3 is 0 Å². The van der Waals surface area contributed by atoms with Gasteiger partial charge in [0.1, 0.15) is 6.10 Å². The van der Waals surface area contributed by atoms with E-state index in [-0.39, 0.29) is 17.9 Å². The van der Waals surface area contributed by atoms with Crippen LogP contribution in [0.15, 0.2) is 79.0 Å². The van der Waals surface area contributed by atoms with Crippen LogP contribution < -0.4 is 10.1 Å². The molecule has 0 spiro atoms. The summed E-state index contributed by atoms with van der Waals surface area (Å²) in [4.78, 5) is 17.6. The average molecular weight is 386 g/mol. The Bertz CT molecular complexity index is 882. The van der Waals surface area contributed by atoms with E-state index < -0.39 is 0 Å². The highest BCUT2D eigenvalue weighted by Crippen LogP contribution is 2.27. The van der Waals surface area contributed by atoms with E-state index in [1.54, 1.807) is 6.20 Å². The fraction of sp³-hybridized carbons (Fsp3) is 0.280. The first-order valence-corrected chi connectivity index (χ1v) is 10.3. The first kappa shape index (κ1) is 19.2. The van der Waals surface area contributed by atoms with Crippen LogP contribution in [0.5, 0.6) is 5.88 Å². The third kappa shape index (κ3) is 4.83. The highest BCUT2D eigenvalue weighted by Gasteiger charge is 2.23. The Balaban J connectivity index is 1.50. The van der Waals surface area contributed by atoms with Crippen molar-refractivity contribution in [3.05, 3.63) is 95.7 Å². The molecule has 3 aromatic rings. The van der Waals surface area contributed by atoms with Crippen molar-refractivity contribution in [1.29, 1.82) is 0 Å². The van der Waals surface area contributed by atoms with Crippen molar-refractivity contribution < 1.29 is 9.53 Å². The van der Waals surface area contributed by atoms with Gasteiger partial charge in [-0.1, -0.05) is 66.7 Å². The second-order valence-electron chi connectivity index (χ2n) is 7.46. The van der Waals surface area contributed by atoms with Crippen molar-refractivity contribution in [2.75, 3.05) is 0 Å². The number of aromatic nitrogens is 1. The highest BCUT2D eigenvalue weighted by atomic mass is 16.5. The fourth-order valence-electron chi connectivity index (χ4n) is 3.90. The number of ether oxygens (including phenoxy) is 1. The minimum atomic E-state index is -0.353. The first-order valence-electron chi connectivity index (χ1n) is 10.3. The van der Waals surface area contributed by atoms with Crippen molar-refractivity contribution in [1.82, 2.24) is 10.3 Å². The summed E-state index contributed by atoms with van der Waals surface area (Å²) in [6.07, 6.45) is 6.55. The van der Waals surface area contributed by atoms with Crippen LogP contribution in [0.1, 0.15) is 48.3 Å². The topological polar surface area (TPSA) is 51.2 Å². The SMILES string of the molecule is O=C(NCc1cccnc1OC1CCCC1)C(c1ccccc1)c1ccccc1. The molecule has 1 aliphatic rings. The van der Waals surface area contributed by atoms with Gasteiger partial charge in [0, 0.05) is 18.3 Å². The number of pyridine rings is 1. The second-order valence-corrected chi connectivity index (χ2v) is 7.46. The van der Waals surface area contributed by atoms with Gasteiger partial charge in [-0.3, -0.25) is 4.79 Å². The smallest absolute Gasteiger partial charge is 0.232 e. The molecule has 4 nitrogen and oxygen atoms in total. The summed E-state index contributed by atoms with van der Waals surface area (Å²) in [6.45, 7) is 0.394. The normalized spacial score (nSPS) is 14.1. The number of carbonyl (C=O) groups is 1. The van der Waals surface area contributed by atoms with Gasteiger partial charge in [0.15, 0.2) is 0 Å². The molecule has 4 rings (SSSR count). The number of rotatable bonds is 7. The molecule has 2 aromatic carbocycles. The predicted molar refractivity (Wildman–Crippen MR) is 114 cm³/mol. The van der Waals surface area contributed by atoms with E-state index in [2.05, 4.69) is 10.3 Å². The Labute approximate surface area is 172 Å². The zero-order chi connectivity index (χ0) is 19.9. The number of benzene rings is 2. The van der Waals surface area contributed by atoms with E-state index in [0.29, 0.717) is 12.4 Å². The van der Waals surface area contributed by atoms with Gasteiger partial charge in [0.25, 0.3) is 0 Å². The van der Waals surface area contributed by atoms with Gasteiger partial charge < -0.3 is 10.1 Å². The Morgan fingerprint density at radius 2 is 1.55 bits per heavy atom. The number of carbonyl (C=O) groups excluding carboxylic acids is 1. The summed E-state index contributed by atoms with van der Waals surface area (Å²) < 4.78 is 6.11. The number of hydrogen-bond acceptors (Lipinski definition) is 3. The third-order valence-corrected chi connectivity index (χ3v) is 5.41. The number of nitrogens with zero attached hydrogens (tertiary/aromatic N) is 1. The van der Waals surface area contributed by atoms with E-state index in [1.807, 2.05) is 72.8 Å². The van der Waals surface area contributed by atoms with Crippen LogP contribution in [-0.2, 0) is 11.3 Å². The zero-order valence-corrected chi connectivity index (χ0v) is 16.5. The molecule has 0 saturated heterocycles. The monoisotopic (exact) mass is 386 g/mol. The van der Waals surface area contributed by atoms with Gasteiger partial charge in [-0.25, -0.2) is 4.98 Å². The molecule has 1 N–H and O–H groups in total. The molecule has 1 heterocycles. The molecule has 4 heteroatoms. The molecule has 29 heavy (non-hydrogen) atoms. The summed E-state index contributed by atoms with van der Waals surface area (Å²) in [7, 11) is 0. The lowest BCUT2D eigenvalue weighted by atomic mass is 9.90. The van der Waals surface area contributed by atoms with Crippen molar-refractivity contribution in [2.24, 2.45) is 0 Å². The standard InChI is InChI=1S/C25H26N2O2/c28-24(23(19-10-3-1-4-11-19)20-12-5-2-6-13-20)27-18-21-14-9-17-26-25(21)29-22-15-7-8-16-22/h1-6,9-14,17,22-23H,7-8,15-16,18H2,(H,27,28). The minimum absolute atomic E-state index is 0.0296. The number of nitrogens with one attached hydrogen (secondary N) is 1. The minimum Gasteiger partial charge on any atom is -0.474 e.